The van der Waals surface area contributed by atoms with Crippen LogP contribution in [0.25, 0.3) is 0 Å². The molecule has 11 N–H and O–H groups in total. The summed E-state index contributed by atoms with van der Waals surface area (Å²) < 4.78 is 10.1. The Labute approximate surface area is 137 Å². The summed E-state index contributed by atoms with van der Waals surface area (Å²) in [5, 5.41) is 84.9. The Balaban J connectivity index is 0.00000529. The first kappa shape index (κ1) is 23.5. The highest BCUT2D eigenvalue weighted by molar-refractivity contribution is 4.91. The largest absolute Gasteiger partial charge is 0.412 e. The van der Waals surface area contributed by atoms with Crippen molar-refractivity contribution in [2.24, 2.45) is 0 Å². The molecular formula is C12H26O12. The molecule has 24 heavy (non-hydrogen) atoms. The Bertz CT molecular complexity index is 342. The lowest BCUT2D eigenvalue weighted by Crippen LogP contribution is -2.61. The van der Waals surface area contributed by atoms with Gasteiger partial charge in [-0.3, -0.25) is 0 Å². The topological polar surface area (TPSA) is 232 Å². The minimum Gasteiger partial charge on any atom is -0.412 e. The first-order valence-electron chi connectivity index (χ1n) is 7.00. The van der Waals surface area contributed by atoms with E-state index in [1.807, 2.05) is 0 Å². The van der Waals surface area contributed by atoms with Gasteiger partial charge >= 0.3 is 0 Å². The van der Waals surface area contributed by atoms with Gasteiger partial charge in [0.05, 0.1) is 19.8 Å². The molecule has 0 aromatic rings. The van der Waals surface area contributed by atoms with E-state index >= 15 is 0 Å². The van der Waals surface area contributed by atoms with Crippen LogP contribution in [0.1, 0.15) is 0 Å². The lowest BCUT2D eigenvalue weighted by molar-refractivity contribution is -0.327. The molecule has 0 aromatic carbocycles. The molecule has 1 saturated heterocycles. The zero-order valence-electron chi connectivity index (χ0n) is 12.7. The maximum absolute atomic E-state index is 9.83. The first-order valence-corrected chi connectivity index (χ1v) is 7.00. The minimum atomic E-state index is -1.85. The fourth-order valence-corrected chi connectivity index (χ4v) is 2.16. The third-order valence-electron chi connectivity index (χ3n) is 3.62. The number of hydrogen-bond acceptors (Lipinski definition) is 11. The van der Waals surface area contributed by atoms with Gasteiger partial charge in [-0.15, -0.1) is 0 Å². The summed E-state index contributed by atoms with van der Waals surface area (Å²) in [4.78, 5) is 0. The van der Waals surface area contributed by atoms with Gasteiger partial charge in [0.2, 0.25) is 0 Å². The summed E-state index contributed by atoms with van der Waals surface area (Å²) in [5.41, 5.74) is 0. The van der Waals surface area contributed by atoms with E-state index in [0.717, 1.165) is 0 Å². The third-order valence-corrected chi connectivity index (χ3v) is 3.62. The van der Waals surface area contributed by atoms with Crippen molar-refractivity contribution >= 4 is 0 Å². The molecule has 0 bridgehead atoms. The Morgan fingerprint density at radius 2 is 1.38 bits per heavy atom. The Kier molecular flexibility index (Phi) is 10.3. The van der Waals surface area contributed by atoms with E-state index in [9.17, 15) is 30.6 Å². The van der Waals surface area contributed by atoms with Crippen LogP contribution < -0.4 is 0 Å². The molecule has 1 aliphatic rings. The molecule has 9 atom stereocenters. The van der Waals surface area contributed by atoms with Crippen molar-refractivity contribution in [1.82, 2.24) is 0 Å². The quantitative estimate of drug-likeness (QED) is 0.197. The van der Waals surface area contributed by atoms with Crippen LogP contribution in [0.5, 0.6) is 0 Å². The second-order valence-corrected chi connectivity index (χ2v) is 5.29. The third kappa shape index (κ3) is 5.26. The van der Waals surface area contributed by atoms with Crippen molar-refractivity contribution in [2.45, 2.75) is 55.1 Å². The average molecular weight is 362 g/mol. The summed E-state index contributed by atoms with van der Waals surface area (Å²) in [6.45, 7) is -2.45. The number of ether oxygens (including phenoxy) is 2. The SMILES string of the molecule is O.OC[C@@H](O)[C@H](O)[C@@H](O[C@H]1O[C@@H](CO)[C@@H](O)[C@@H](O)[C@@H]1O)[C@@H](O)CO. The molecule has 0 aliphatic carbocycles. The lowest BCUT2D eigenvalue weighted by atomic mass is 9.98. The van der Waals surface area contributed by atoms with Crippen LogP contribution in [0.4, 0.5) is 0 Å². The molecule has 0 unspecified atom stereocenters. The van der Waals surface area contributed by atoms with Crippen molar-refractivity contribution < 1.29 is 60.9 Å². The van der Waals surface area contributed by atoms with Gasteiger partial charge in [-0.2, -0.15) is 0 Å². The Morgan fingerprint density at radius 1 is 0.833 bits per heavy atom. The predicted octanol–water partition coefficient (Wildman–Crippen LogP) is -6.59. The van der Waals surface area contributed by atoms with Gasteiger partial charge in [-0.25, -0.2) is 0 Å². The monoisotopic (exact) mass is 362 g/mol. The van der Waals surface area contributed by atoms with Gasteiger partial charge in [0.1, 0.15) is 48.8 Å². The number of hydrogen-bond donors (Lipinski definition) is 9. The highest BCUT2D eigenvalue weighted by atomic mass is 16.7. The Morgan fingerprint density at radius 3 is 1.83 bits per heavy atom. The van der Waals surface area contributed by atoms with E-state index < -0.39 is 74.9 Å². The highest BCUT2D eigenvalue weighted by Gasteiger charge is 2.46. The predicted molar refractivity (Wildman–Crippen MR) is 74.4 cm³/mol. The molecule has 0 aromatic heterocycles. The smallest absolute Gasteiger partial charge is 0.187 e. The van der Waals surface area contributed by atoms with E-state index in [-0.39, 0.29) is 5.48 Å². The van der Waals surface area contributed by atoms with Crippen molar-refractivity contribution in [3.63, 3.8) is 0 Å². The number of rotatable bonds is 8. The average Bonchev–Trinajstić information content (AvgIpc) is 2.57. The summed E-state index contributed by atoms with van der Waals surface area (Å²) in [6.07, 6.45) is -15.1. The number of aliphatic hydroxyl groups excluding tert-OH is 9. The van der Waals surface area contributed by atoms with Crippen LogP contribution in [0.3, 0.4) is 0 Å². The summed E-state index contributed by atoms with van der Waals surface area (Å²) >= 11 is 0. The van der Waals surface area contributed by atoms with Crippen molar-refractivity contribution in [3.05, 3.63) is 0 Å². The Hall–Kier alpha value is -0.480. The van der Waals surface area contributed by atoms with Crippen LogP contribution in [0.2, 0.25) is 0 Å². The highest BCUT2D eigenvalue weighted by Crippen LogP contribution is 2.24. The molecule has 1 rings (SSSR count). The summed E-state index contributed by atoms with van der Waals surface area (Å²) in [5.74, 6) is 0. The maximum atomic E-state index is 9.83. The molecule has 146 valence electrons. The minimum absolute atomic E-state index is 0. The molecule has 0 radical (unpaired) electrons. The molecule has 1 aliphatic heterocycles. The van der Waals surface area contributed by atoms with Crippen molar-refractivity contribution in [3.8, 4) is 0 Å². The van der Waals surface area contributed by atoms with E-state index in [0.29, 0.717) is 0 Å². The van der Waals surface area contributed by atoms with Gasteiger partial charge in [-0.05, 0) is 0 Å². The fourth-order valence-electron chi connectivity index (χ4n) is 2.16. The van der Waals surface area contributed by atoms with Crippen LogP contribution in [-0.4, -0.2) is 126 Å². The van der Waals surface area contributed by atoms with Gasteiger partial charge in [-0.1, -0.05) is 0 Å². The molecule has 12 nitrogen and oxygen atoms in total. The molecular weight excluding hydrogens is 336 g/mol. The number of aliphatic hydroxyl groups is 9. The van der Waals surface area contributed by atoms with Gasteiger partial charge in [0.25, 0.3) is 0 Å². The summed E-state index contributed by atoms with van der Waals surface area (Å²) in [7, 11) is 0. The van der Waals surface area contributed by atoms with Gasteiger partial charge in [0, 0.05) is 0 Å². The van der Waals surface area contributed by atoms with Crippen LogP contribution in [0.15, 0.2) is 0 Å². The fraction of sp³-hybridized carbons (Fsp3) is 1.00. The van der Waals surface area contributed by atoms with Crippen molar-refractivity contribution in [1.29, 1.82) is 0 Å². The first-order chi connectivity index (χ1) is 10.8. The summed E-state index contributed by atoms with van der Waals surface area (Å²) in [6, 6.07) is 0. The molecule has 1 fully saturated rings. The van der Waals surface area contributed by atoms with Crippen LogP contribution in [-0.2, 0) is 9.47 Å². The molecule has 12 heteroatoms. The second kappa shape index (κ2) is 10.5. The van der Waals surface area contributed by atoms with E-state index in [4.69, 9.17) is 24.8 Å². The second-order valence-electron chi connectivity index (χ2n) is 5.29. The van der Waals surface area contributed by atoms with Crippen LogP contribution in [0, 0.1) is 0 Å². The molecule has 0 saturated carbocycles. The maximum Gasteiger partial charge on any atom is 0.187 e. The van der Waals surface area contributed by atoms with E-state index in [2.05, 4.69) is 0 Å². The molecule has 0 amide bonds. The van der Waals surface area contributed by atoms with E-state index in [1.165, 1.54) is 0 Å². The zero-order valence-corrected chi connectivity index (χ0v) is 12.7. The van der Waals surface area contributed by atoms with Crippen LogP contribution >= 0.6 is 0 Å². The lowest BCUT2D eigenvalue weighted by Gasteiger charge is -2.42. The van der Waals surface area contributed by atoms with Gasteiger partial charge in [0.15, 0.2) is 6.29 Å². The van der Waals surface area contributed by atoms with E-state index in [1.54, 1.807) is 0 Å². The normalized spacial score (nSPS) is 35.6. The van der Waals surface area contributed by atoms with Gasteiger partial charge < -0.3 is 60.9 Å². The van der Waals surface area contributed by atoms with Crippen molar-refractivity contribution in [2.75, 3.05) is 19.8 Å². The molecule has 1 heterocycles. The standard InChI is InChI=1S/C12H24O11.H2O/c13-1-4(16)7(18)11(5(17)2-14)23-12-10(21)9(20)8(19)6(3-15)22-12;/h4-21H,1-3H2;1H2/t4-,5+,6+,7+,8-,9-,10+,11+,12-;/m1./s1. The zero-order chi connectivity index (χ0) is 17.7. The molecule has 0 spiro atoms.